The van der Waals surface area contributed by atoms with E-state index in [1.165, 1.54) is 21.3 Å². The molecule has 0 unspecified atom stereocenters. The van der Waals surface area contributed by atoms with Gasteiger partial charge in [0.05, 0.1) is 52.8 Å². The zero-order valence-electron chi connectivity index (χ0n) is 22.7. The van der Waals surface area contributed by atoms with Crippen LogP contribution in [0.1, 0.15) is 18.9 Å². The molecule has 7 atom stereocenters. The SMILES string of the molecule is C/C=C1/[C@H](O[C@@H]2O[C@H](CO)[C@@H](O)[C@H](O)[C@H]2O)OC=C(C(=O)OC)[C@H]1CC(=O)OCCc1ccc(OC)c(OC)c1. The fourth-order valence-electron chi connectivity index (χ4n) is 4.47. The molecular formula is C27H36O13. The van der Waals surface area contributed by atoms with Crippen LogP contribution < -0.4 is 9.47 Å². The van der Waals surface area contributed by atoms with Gasteiger partial charge in [0.15, 0.2) is 17.8 Å². The average Bonchev–Trinajstić information content (AvgIpc) is 2.96. The van der Waals surface area contributed by atoms with Crippen molar-refractivity contribution in [3.8, 4) is 11.5 Å². The fraction of sp³-hybridized carbons (Fsp3) is 0.556. The molecule has 1 fully saturated rings. The van der Waals surface area contributed by atoms with Gasteiger partial charge in [-0.05, 0) is 24.6 Å². The largest absolute Gasteiger partial charge is 0.493 e. The summed E-state index contributed by atoms with van der Waals surface area (Å²) in [5.74, 6) is -1.08. The van der Waals surface area contributed by atoms with E-state index in [0.717, 1.165) is 11.8 Å². The van der Waals surface area contributed by atoms with E-state index in [-0.39, 0.29) is 18.6 Å². The first-order valence-electron chi connectivity index (χ1n) is 12.6. The number of carbonyl (C=O) groups excluding carboxylic acids is 2. The summed E-state index contributed by atoms with van der Waals surface area (Å²) in [6.07, 6.45) is -6.04. The Labute approximate surface area is 231 Å². The van der Waals surface area contributed by atoms with Crippen LogP contribution in [0.3, 0.4) is 0 Å². The summed E-state index contributed by atoms with van der Waals surface area (Å²) in [6, 6.07) is 5.35. The second kappa shape index (κ2) is 14.4. The molecule has 0 aromatic heterocycles. The molecule has 1 aromatic carbocycles. The molecule has 13 heteroatoms. The lowest BCUT2D eigenvalue weighted by atomic mass is 9.86. The van der Waals surface area contributed by atoms with Gasteiger partial charge in [-0.3, -0.25) is 4.79 Å². The van der Waals surface area contributed by atoms with Crippen LogP contribution in [-0.2, 0) is 39.7 Å². The molecule has 222 valence electrons. The highest BCUT2D eigenvalue weighted by Gasteiger charge is 2.46. The summed E-state index contributed by atoms with van der Waals surface area (Å²) in [7, 11) is 4.24. The van der Waals surface area contributed by atoms with Gasteiger partial charge >= 0.3 is 11.9 Å². The molecule has 1 saturated heterocycles. The molecule has 40 heavy (non-hydrogen) atoms. The van der Waals surface area contributed by atoms with Crippen molar-refractivity contribution < 1.29 is 63.2 Å². The standard InChI is InChI=1S/C27H36O13/c1-5-15-16(11-21(29)37-9-8-14-6-7-18(34-2)19(10-14)35-3)17(25(33)36-4)13-38-26(15)40-27-24(32)23(31)22(30)20(12-28)39-27/h5-7,10,13,16,20,22-24,26-28,30-32H,8-9,11-12H2,1-4H3/b15-5+/t16-,20+,22+,23-,24+,26-,27-/m0/s1. The molecule has 2 heterocycles. The van der Waals surface area contributed by atoms with E-state index in [1.54, 1.807) is 25.1 Å². The fourth-order valence-corrected chi connectivity index (χ4v) is 4.47. The first-order valence-corrected chi connectivity index (χ1v) is 12.6. The molecule has 0 amide bonds. The first kappa shape index (κ1) is 31.3. The Morgan fingerprint density at radius 2 is 1.75 bits per heavy atom. The third-order valence-corrected chi connectivity index (χ3v) is 6.70. The molecule has 0 radical (unpaired) electrons. The van der Waals surface area contributed by atoms with Crippen molar-refractivity contribution in [1.82, 2.24) is 0 Å². The molecule has 2 aliphatic rings. The Morgan fingerprint density at radius 1 is 1.02 bits per heavy atom. The van der Waals surface area contributed by atoms with Gasteiger partial charge in [0.1, 0.15) is 24.4 Å². The Hall–Kier alpha value is -3.20. The second-order valence-electron chi connectivity index (χ2n) is 9.07. The highest BCUT2D eigenvalue weighted by atomic mass is 16.8. The molecule has 2 aliphatic heterocycles. The normalized spacial score (nSPS) is 29.2. The van der Waals surface area contributed by atoms with Crippen LogP contribution in [0.4, 0.5) is 0 Å². The molecule has 3 rings (SSSR count). The summed E-state index contributed by atoms with van der Waals surface area (Å²) >= 11 is 0. The average molecular weight is 569 g/mol. The van der Waals surface area contributed by atoms with Crippen molar-refractivity contribution in [3.63, 3.8) is 0 Å². The van der Waals surface area contributed by atoms with E-state index in [1.807, 2.05) is 6.07 Å². The van der Waals surface area contributed by atoms with Crippen molar-refractivity contribution in [2.45, 2.75) is 56.8 Å². The van der Waals surface area contributed by atoms with E-state index in [4.69, 9.17) is 33.2 Å². The topological polar surface area (TPSA) is 180 Å². The van der Waals surface area contributed by atoms with Gasteiger partial charge in [0.2, 0.25) is 6.29 Å². The Bertz CT molecular complexity index is 1080. The zero-order chi connectivity index (χ0) is 29.4. The minimum absolute atomic E-state index is 0.0427. The monoisotopic (exact) mass is 568 g/mol. The number of benzene rings is 1. The molecule has 0 bridgehead atoms. The Morgan fingerprint density at radius 3 is 2.38 bits per heavy atom. The third-order valence-electron chi connectivity index (χ3n) is 6.70. The molecule has 0 aliphatic carbocycles. The number of hydrogen-bond donors (Lipinski definition) is 4. The van der Waals surface area contributed by atoms with Crippen LogP contribution in [0.2, 0.25) is 0 Å². The lowest BCUT2D eigenvalue weighted by molar-refractivity contribution is -0.327. The molecule has 13 nitrogen and oxygen atoms in total. The van der Waals surface area contributed by atoms with Crippen LogP contribution in [-0.4, -0.2) is 104 Å². The number of methoxy groups -OCH3 is 3. The summed E-state index contributed by atoms with van der Waals surface area (Å²) in [6.45, 7) is 1.06. The maximum absolute atomic E-state index is 12.8. The maximum atomic E-state index is 12.8. The minimum atomic E-state index is -1.68. The zero-order valence-corrected chi connectivity index (χ0v) is 22.7. The number of carbonyl (C=O) groups is 2. The molecule has 0 spiro atoms. The lowest BCUT2D eigenvalue weighted by Gasteiger charge is -2.41. The van der Waals surface area contributed by atoms with Gasteiger partial charge in [-0.25, -0.2) is 4.79 Å². The van der Waals surface area contributed by atoms with Crippen molar-refractivity contribution >= 4 is 11.9 Å². The highest BCUT2D eigenvalue weighted by molar-refractivity contribution is 5.90. The van der Waals surface area contributed by atoms with E-state index in [0.29, 0.717) is 23.5 Å². The smallest absolute Gasteiger partial charge is 0.337 e. The Balaban J connectivity index is 1.70. The van der Waals surface area contributed by atoms with Crippen molar-refractivity contribution in [2.24, 2.45) is 5.92 Å². The van der Waals surface area contributed by atoms with Crippen LogP contribution >= 0.6 is 0 Å². The number of aliphatic hydroxyl groups is 4. The van der Waals surface area contributed by atoms with Crippen molar-refractivity contribution in [3.05, 3.63) is 47.2 Å². The predicted molar refractivity (Wildman–Crippen MR) is 136 cm³/mol. The van der Waals surface area contributed by atoms with Crippen molar-refractivity contribution in [2.75, 3.05) is 34.5 Å². The number of aliphatic hydroxyl groups excluding tert-OH is 4. The highest BCUT2D eigenvalue weighted by Crippen LogP contribution is 2.36. The van der Waals surface area contributed by atoms with Crippen LogP contribution in [0, 0.1) is 5.92 Å². The number of rotatable bonds is 11. The summed E-state index contributed by atoms with van der Waals surface area (Å²) < 4.78 is 37.5. The van der Waals surface area contributed by atoms with Gasteiger partial charge in [0, 0.05) is 17.9 Å². The van der Waals surface area contributed by atoms with Crippen LogP contribution in [0.5, 0.6) is 11.5 Å². The lowest BCUT2D eigenvalue weighted by Crippen LogP contribution is -2.60. The van der Waals surface area contributed by atoms with E-state index in [9.17, 15) is 30.0 Å². The number of allylic oxidation sites excluding steroid dienone is 1. The van der Waals surface area contributed by atoms with E-state index < -0.39 is 61.5 Å². The number of ether oxygens (including phenoxy) is 7. The maximum Gasteiger partial charge on any atom is 0.337 e. The first-order chi connectivity index (χ1) is 19.2. The second-order valence-corrected chi connectivity index (χ2v) is 9.07. The number of hydrogen-bond acceptors (Lipinski definition) is 13. The van der Waals surface area contributed by atoms with E-state index in [2.05, 4.69) is 0 Å². The van der Waals surface area contributed by atoms with Gasteiger partial charge < -0.3 is 53.6 Å². The van der Waals surface area contributed by atoms with Gasteiger partial charge in [-0.1, -0.05) is 12.1 Å². The van der Waals surface area contributed by atoms with Crippen LogP contribution in [0.25, 0.3) is 0 Å². The molecule has 4 N–H and O–H groups in total. The molecular weight excluding hydrogens is 532 g/mol. The quantitative estimate of drug-likeness (QED) is 0.207. The van der Waals surface area contributed by atoms with Gasteiger partial charge in [-0.15, -0.1) is 0 Å². The van der Waals surface area contributed by atoms with Gasteiger partial charge in [0.25, 0.3) is 0 Å². The molecule has 1 aromatic rings. The summed E-state index contributed by atoms with van der Waals surface area (Å²) in [5.41, 5.74) is 1.23. The summed E-state index contributed by atoms with van der Waals surface area (Å²) in [4.78, 5) is 25.3. The Kier molecular flexibility index (Phi) is 11.3. The number of esters is 2. The van der Waals surface area contributed by atoms with E-state index >= 15 is 0 Å². The minimum Gasteiger partial charge on any atom is -0.493 e. The molecule has 0 saturated carbocycles. The van der Waals surface area contributed by atoms with Gasteiger partial charge in [-0.2, -0.15) is 0 Å². The van der Waals surface area contributed by atoms with Crippen molar-refractivity contribution in [1.29, 1.82) is 0 Å². The summed E-state index contributed by atoms with van der Waals surface area (Å²) in [5, 5.41) is 39.9. The predicted octanol–water partition coefficient (Wildman–Crippen LogP) is -0.0282. The third kappa shape index (κ3) is 7.11. The van der Waals surface area contributed by atoms with Crippen LogP contribution in [0.15, 0.2) is 41.7 Å².